The van der Waals surface area contributed by atoms with Gasteiger partial charge in [-0.05, 0) is 51.3 Å². The number of likely N-dealkylation sites (tertiary alicyclic amines) is 1. The number of hydrogen-bond donors (Lipinski definition) is 4. The van der Waals surface area contributed by atoms with Crippen LogP contribution in [0, 0.1) is 12.3 Å². The molecular formula is C24H30N8O2. The van der Waals surface area contributed by atoms with E-state index in [4.69, 9.17) is 16.2 Å². The van der Waals surface area contributed by atoms with Crippen LogP contribution < -0.4 is 11.1 Å². The van der Waals surface area contributed by atoms with E-state index in [9.17, 15) is 9.59 Å². The Kier molecular flexibility index (Phi) is 6.23. The lowest BCUT2D eigenvalue weighted by Crippen LogP contribution is -2.37. The number of anilines is 1. The molecule has 0 spiro atoms. The van der Waals surface area contributed by atoms with Crippen molar-refractivity contribution in [3.63, 3.8) is 0 Å². The normalized spacial score (nSPS) is 15.4. The van der Waals surface area contributed by atoms with Gasteiger partial charge in [0.2, 0.25) is 5.91 Å². The summed E-state index contributed by atoms with van der Waals surface area (Å²) in [5.74, 6) is -0.415. The molecule has 1 fully saturated rings. The van der Waals surface area contributed by atoms with E-state index in [-0.39, 0.29) is 17.7 Å². The minimum atomic E-state index is -0.535. The van der Waals surface area contributed by atoms with Crippen molar-refractivity contribution in [2.24, 2.45) is 5.73 Å². The zero-order valence-electron chi connectivity index (χ0n) is 19.9. The van der Waals surface area contributed by atoms with Gasteiger partial charge in [-0.3, -0.25) is 19.7 Å². The maximum absolute atomic E-state index is 12.4. The number of hydrogen-bond acceptors (Lipinski definition) is 6. The molecule has 1 aliphatic heterocycles. The van der Waals surface area contributed by atoms with Crippen molar-refractivity contribution in [2.75, 3.05) is 18.4 Å². The van der Waals surface area contributed by atoms with Gasteiger partial charge in [0, 0.05) is 42.9 Å². The zero-order valence-corrected chi connectivity index (χ0v) is 19.9. The minimum absolute atomic E-state index is 0.120. The maximum atomic E-state index is 12.4. The Morgan fingerprint density at radius 2 is 1.91 bits per heavy atom. The molecule has 1 aliphatic rings. The summed E-state index contributed by atoms with van der Waals surface area (Å²) in [5, 5.41) is 16.3. The Hall–Kier alpha value is -3.95. The fraction of sp³-hybridized carbons (Fsp3) is 0.375. The summed E-state index contributed by atoms with van der Waals surface area (Å²) < 4.78 is 2.01. The van der Waals surface area contributed by atoms with Gasteiger partial charge in [-0.15, -0.1) is 0 Å². The molecule has 1 saturated heterocycles. The van der Waals surface area contributed by atoms with Crippen LogP contribution in [0.4, 0.5) is 5.69 Å². The van der Waals surface area contributed by atoms with E-state index in [1.807, 2.05) is 34.8 Å². The molecule has 3 aromatic rings. The number of amides is 2. The summed E-state index contributed by atoms with van der Waals surface area (Å²) in [7, 11) is 0. The number of aromatic amines is 1. The van der Waals surface area contributed by atoms with Crippen LogP contribution in [0.15, 0.2) is 35.8 Å². The van der Waals surface area contributed by atoms with Gasteiger partial charge in [-0.1, -0.05) is 0 Å². The minimum Gasteiger partial charge on any atom is -0.402 e. The summed E-state index contributed by atoms with van der Waals surface area (Å²) in [4.78, 5) is 33.6. The first kappa shape index (κ1) is 23.2. The van der Waals surface area contributed by atoms with Crippen molar-refractivity contribution in [2.45, 2.75) is 46.6 Å². The van der Waals surface area contributed by atoms with Gasteiger partial charge < -0.3 is 20.9 Å². The average molecular weight is 463 g/mol. The highest BCUT2D eigenvalue weighted by Crippen LogP contribution is 2.30. The summed E-state index contributed by atoms with van der Waals surface area (Å²) in [6.45, 7) is 8.38. The van der Waals surface area contributed by atoms with Gasteiger partial charge >= 0.3 is 0 Å². The summed E-state index contributed by atoms with van der Waals surface area (Å²) in [5.41, 5.74) is 10.4. The van der Waals surface area contributed by atoms with E-state index in [1.54, 1.807) is 27.0 Å². The Bertz CT molecular complexity index is 1300. The molecule has 10 heteroatoms. The van der Waals surface area contributed by atoms with Crippen molar-refractivity contribution in [1.29, 1.82) is 5.41 Å². The Balaban J connectivity index is 1.53. The molecule has 178 valence electrons. The molecule has 3 aromatic heterocycles. The molecule has 34 heavy (non-hydrogen) atoms. The second kappa shape index (κ2) is 9.12. The number of nitrogens with zero attached hydrogens (tertiary/aromatic N) is 4. The predicted octanol–water partition coefficient (Wildman–Crippen LogP) is 3.13. The summed E-state index contributed by atoms with van der Waals surface area (Å²) in [6, 6.07) is 4.06. The largest absolute Gasteiger partial charge is 0.402 e. The second-order valence-corrected chi connectivity index (χ2v) is 8.83. The van der Waals surface area contributed by atoms with Crippen molar-refractivity contribution < 1.29 is 9.59 Å². The van der Waals surface area contributed by atoms with Crippen LogP contribution in [0.25, 0.3) is 22.3 Å². The van der Waals surface area contributed by atoms with Gasteiger partial charge in [-0.25, -0.2) is 4.98 Å². The Labute approximate surface area is 197 Å². The molecule has 5 N–H and O–H groups in total. The molecule has 0 aromatic carbocycles. The van der Waals surface area contributed by atoms with Crippen LogP contribution >= 0.6 is 0 Å². The molecule has 10 nitrogen and oxygen atoms in total. The lowest BCUT2D eigenvalue weighted by molar-refractivity contribution is -0.130. The zero-order chi connectivity index (χ0) is 24.6. The lowest BCUT2D eigenvalue weighted by atomic mass is 10.1. The molecule has 0 radical (unpaired) electrons. The lowest BCUT2D eigenvalue weighted by Gasteiger charge is -2.31. The number of pyridine rings is 1. The molecule has 0 saturated carbocycles. The van der Waals surface area contributed by atoms with Crippen molar-refractivity contribution in [1.82, 2.24) is 24.6 Å². The SMILES string of the molecule is CC(=O)N1CCC(n2cc(-c3cc4cc(NC(=O)C(=N)/C(C)=C(/C)N)cnc4[nH]3)c(C)n2)CC1. The van der Waals surface area contributed by atoms with Crippen LogP contribution in [0.3, 0.4) is 0 Å². The highest BCUT2D eigenvalue weighted by atomic mass is 16.2. The number of aromatic nitrogens is 4. The van der Waals surface area contributed by atoms with E-state index in [0.29, 0.717) is 22.6 Å². The molecule has 0 aliphatic carbocycles. The first-order chi connectivity index (χ1) is 16.1. The van der Waals surface area contributed by atoms with E-state index in [0.717, 1.165) is 48.3 Å². The number of aryl methyl sites for hydroxylation is 1. The molecule has 2 amide bonds. The number of rotatable bonds is 5. The third kappa shape index (κ3) is 4.57. The summed E-state index contributed by atoms with van der Waals surface area (Å²) >= 11 is 0. The van der Waals surface area contributed by atoms with Crippen LogP contribution in [0.2, 0.25) is 0 Å². The van der Waals surface area contributed by atoms with Crippen molar-refractivity contribution in [3.05, 3.63) is 41.5 Å². The van der Waals surface area contributed by atoms with Crippen LogP contribution in [0.1, 0.15) is 45.3 Å². The Morgan fingerprint density at radius 3 is 2.56 bits per heavy atom. The third-order valence-electron chi connectivity index (χ3n) is 6.41. The number of allylic oxidation sites excluding steroid dienone is 1. The number of carbonyl (C=O) groups is 2. The second-order valence-electron chi connectivity index (χ2n) is 8.83. The molecule has 0 atom stereocenters. The average Bonchev–Trinajstić information content (AvgIpc) is 3.40. The molecule has 4 heterocycles. The highest BCUT2D eigenvalue weighted by molar-refractivity contribution is 6.47. The van der Waals surface area contributed by atoms with E-state index < -0.39 is 5.91 Å². The Morgan fingerprint density at radius 1 is 1.21 bits per heavy atom. The van der Waals surface area contributed by atoms with Gasteiger partial charge in [0.1, 0.15) is 11.4 Å². The standard InChI is InChI=1S/C24H30N8O2/c1-13(14(2)25)22(26)24(34)28-18-9-17-10-21(29-23(17)27-11-18)20-12-32(30-15(20)3)19-5-7-31(8-6-19)16(4)33/h9-12,19,26H,5-8,25H2,1-4H3,(H,27,29)(H,28,34)/b14-13-,26-22?. The number of carbonyl (C=O) groups excluding carboxylic acids is 2. The molecular weight excluding hydrogens is 432 g/mol. The number of fused-ring (bicyclic) bond motifs is 1. The topological polar surface area (TPSA) is 146 Å². The monoisotopic (exact) mass is 462 g/mol. The van der Waals surface area contributed by atoms with Crippen molar-refractivity contribution in [3.8, 4) is 11.3 Å². The third-order valence-corrected chi connectivity index (χ3v) is 6.41. The van der Waals surface area contributed by atoms with Gasteiger partial charge in [-0.2, -0.15) is 5.10 Å². The quantitative estimate of drug-likeness (QED) is 0.430. The van der Waals surface area contributed by atoms with Gasteiger partial charge in [0.25, 0.3) is 5.91 Å². The van der Waals surface area contributed by atoms with Crippen LogP contribution in [-0.4, -0.2) is 55.3 Å². The van der Waals surface area contributed by atoms with Gasteiger partial charge in [0.15, 0.2) is 0 Å². The molecule has 0 bridgehead atoms. The number of nitrogens with two attached hydrogens (primary N) is 1. The smallest absolute Gasteiger partial charge is 0.273 e. The van der Waals surface area contributed by atoms with Crippen LogP contribution in [-0.2, 0) is 9.59 Å². The van der Waals surface area contributed by atoms with Gasteiger partial charge in [0.05, 0.1) is 29.3 Å². The highest BCUT2D eigenvalue weighted by Gasteiger charge is 2.24. The number of H-pyrrole nitrogens is 1. The number of piperidine rings is 1. The molecule has 4 rings (SSSR count). The number of nitrogens with one attached hydrogen (secondary N) is 3. The van der Waals surface area contributed by atoms with E-state index in [2.05, 4.69) is 15.3 Å². The van der Waals surface area contributed by atoms with E-state index in [1.165, 1.54) is 0 Å². The predicted molar refractivity (Wildman–Crippen MR) is 131 cm³/mol. The van der Waals surface area contributed by atoms with E-state index >= 15 is 0 Å². The fourth-order valence-corrected chi connectivity index (χ4v) is 4.17. The first-order valence-corrected chi connectivity index (χ1v) is 11.3. The van der Waals surface area contributed by atoms with Crippen LogP contribution in [0.5, 0.6) is 0 Å². The first-order valence-electron chi connectivity index (χ1n) is 11.3. The maximum Gasteiger partial charge on any atom is 0.273 e. The van der Waals surface area contributed by atoms with Crippen molar-refractivity contribution >= 4 is 34.2 Å². The molecule has 0 unspecified atom stereocenters. The summed E-state index contributed by atoms with van der Waals surface area (Å²) in [6.07, 6.45) is 5.36. The fourth-order valence-electron chi connectivity index (χ4n) is 4.17.